The minimum Gasteiger partial charge on any atom is -0.379 e. The number of benzene rings is 2. The highest BCUT2D eigenvalue weighted by Crippen LogP contribution is 2.32. The van der Waals surface area contributed by atoms with Crippen LogP contribution in [0.5, 0.6) is 0 Å². The van der Waals surface area contributed by atoms with Crippen LogP contribution in [0.2, 0.25) is 0 Å². The van der Waals surface area contributed by atoms with Gasteiger partial charge in [-0.25, -0.2) is 13.1 Å². The van der Waals surface area contributed by atoms with E-state index in [1.165, 1.54) is 28.6 Å². The summed E-state index contributed by atoms with van der Waals surface area (Å²) in [6, 6.07) is 13.6. The molecule has 11 heteroatoms. The van der Waals surface area contributed by atoms with E-state index in [1.54, 1.807) is 4.68 Å². The number of ether oxygens (including phenoxy) is 1. The van der Waals surface area contributed by atoms with Crippen molar-refractivity contribution in [1.82, 2.24) is 14.1 Å². The van der Waals surface area contributed by atoms with Gasteiger partial charge in [-0.3, -0.25) is 9.00 Å². The highest BCUT2D eigenvalue weighted by Gasteiger charge is 2.29. The normalized spacial score (nSPS) is 18.6. The number of nitrogens with zero attached hydrogens (tertiary/aromatic N) is 3. The fraction of sp³-hybridized carbons (Fsp3) is 0.304. The van der Waals surface area contributed by atoms with E-state index in [9.17, 15) is 17.4 Å². The lowest BCUT2D eigenvalue weighted by molar-refractivity contribution is 0.0730. The topological polar surface area (TPSA) is 111 Å². The number of hydrogen-bond acceptors (Lipinski definition) is 6. The number of rotatable bonds is 5. The smallest absolute Gasteiger partial charge is 0.256 e. The highest BCUT2D eigenvalue weighted by molar-refractivity contribution is 7.89. The Morgan fingerprint density at radius 2 is 1.71 bits per heavy atom. The molecule has 1 atom stereocenters. The summed E-state index contributed by atoms with van der Waals surface area (Å²) < 4.78 is 46.1. The number of amides is 1. The van der Waals surface area contributed by atoms with E-state index >= 15 is 0 Å². The monoisotopic (exact) mass is 500 g/mol. The van der Waals surface area contributed by atoms with Crippen molar-refractivity contribution >= 4 is 32.5 Å². The largest absolute Gasteiger partial charge is 0.379 e. The first-order valence-corrected chi connectivity index (χ1v) is 13.8. The fourth-order valence-corrected chi connectivity index (χ4v) is 6.70. The second kappa shape index (κ2) is 9.06. The number of anilines is 1. The molecule has 1 fully saturated rings. The van der Waals surface area contributed by atoms with E-state index in [-0.39, 0.29) is 4.90 Å². The predicted octanol–water partition coefficient (Wildman–Crippen LogP) is 2.22. The van der Waals surface area contributed by atoms with Crippen molar-refractivity contribution < 1.29 is 22.2 Å². The zero-order valence-electron chi connectivity index (χ0n) is 18.6. The van der Waals surface area contributed by atoms with Gasteiger partial charge in [-0.05, 0) is 43.3 Å². The molecule has 2 aliphatic rings. The highest BCUT2D eigenvalue weighted by atomic mass is 32.2. The van der Waals surface area contributed by atoms with Crippen molar-refractivity contribution in [2.75, 3.05) is 31.6 Å². The molecule has 9 nitrogen and oxygen atoms in total. The molecule has 0 aliphatic carbocycles. The van der Waals surface area contributed by atoms with Crippen molar-refractivity contribution in [2.45, 2.75) is 23.3 Å². The summed E-state index contributed by atoms with van der Waals surface area (Å²) in [6.45, 7) is 3.33. The molecule has 2 aromatic carbocycles. The average molecular weight is 501 g/mol. The third-order valence-electron chi connectivity index (χ3n) is 5.90. The quantitative estimate of drug-likeness (QED) is 0.575. The first-order chi connectivity index (χ1) is 16.3. The van der Waals surface area contributed by atoms with E-state index in [1.807, 2.05) is 31.2 Å². The van der Waals surface area contributed by atoms with Crippen molar-refractivity contribution in [3.8, 4) is 5.69 Å². The first-order valence-electron chi connectivity index (χ1n) is 10.8. The third kappa shape index (κ3) is 4.31. The molecule has 5 rings (SSSR count). The van der Waals surface area contributed by atoms with E-state index in [0.717, 1.165) is 16.8 Å². The lowest BCUT2D eigenvalue weighted by atomic mass is 10.2. The van der Waals surface area contributed by atoms with Gasteiger partial charge in [-0.2, -0.15) is 9.40 Å². The molecular weight excluding hydrogens is 476 g/mol. The van der Waals surface area contributed by atoms with Crippen LogP contribution in [0.15, 0.2) is 53.4 Å². The minimum absolute atomic E-state index is 0.131. The molecule has 0 spiro atoms. The molecule has 178 valence electrons. The SMILES string of the molecule is Cc1ccc(-n2nc3c(c2NC(=O)c2ccc(S(=O)(=O)N4CCOCC4)cc2)C[S@](=O)C3)cc1. The number of nitrogens with one attached hydrogen (secondary N) is 1. The van der Waals surface area contributed by atoms with E-state index in [2.05, 4.69) is 10.4 Å². The molecular formula is C23H24N4O5S2. The van der Waals surface area contributed by atoms with Gasteiger partial charge in [0.2, 0.25) is 10.0 Å². The Morgan fingerprint density at radius 3 is 2.38 bits per heavy atom. The Hall–Kier alpha value is -2.86. The van der Waals surface area contributed by atoms with Crippen LogP contribution >= 0.6 is 0 Å². The number of carbonyl (C=O) groups is 1. The molecule has 1 N–H and O–H groups in total. The van der Waals surface area contributed by atoms with Crippen LogP contribution in [0, 0.1) is 6.92 Å². The van der Waals surface area contributed by atoms with Gasteiger partial charge in [0.15, 0.2) is 0 Å². The average Bonchev–Trinajstić information content (AvgIpc) is 3.37. The van der Waals surface area contributed by atoms with Crippen molar-refractivity contribution in [3.63, 3.8) is 0 Å². The van der Waals surface area contributed by atoms with Gasteiger partial charge in [0.05, 0.1) is 41.0 Å². The van der Waals surface area contributed by atoms with Crippen molar-refractivity contribution in [3.05, 3.63) is 70.9 Å². The summed E-state index contributed by atoms with van der Waals surface area (Å²) in [5.74, 6) is 0.766. The van der Waals surface area contributed by atoms with Gasteiger partial charge < -0.3 is 10.1 Å². The zero-order chi connectivity index (χ0) is 23.9. The Morgan fingerprint density at radius 1 is 1.03 bits per heavy atom. The van der Waals surface area contributed by atoms with Gasteiger partial charge in [0.25, 0.3) is 5.91 Å². The fourth-order valence-electron chi connectivity index (χ4n) is 4.02. The van der Waals surface area contributed by atoms with Gasteiger partial charge in [-0.15, -0.1) is 0 Å². The summed E-state index contributed by atoms with van der Waals surface area (Å²) in [6.07, 6.45) is 0. The lowest BCUT2D eigenvalue weighted by Crippen LogP contribution is -2.40. The van der Waals surface area contributed by atoms with Gasteiger partial charge >= 0.3 is 0 Å². The van der Waals surface area contributed by atoms with Crippen LogP contribution < -0.4 is 5.32 Å². The lowest BCUT2D eigenvalue weighted by Gasteiger charge is -2.26. The van der Waals surface area contributed by atoms with Crippen LogP contribution in [0.25, 0.3) is 5.69 Å². The summed E-state index contributed by atoms with van der Waals surface area (Å²) in [4.78, 5) is 13.2. The molecule has 0 radical (unpaired) electrons. The number of sulfonamides is 1. The standard InChI is InChI=1S/C23H24N4O5S2/c1-16-2-6-18(7-3-16)27-22(20-14-33(29)15-21(20)25-27)24-23(28)17-4-8-19(9-5-17)34(30,31)26-10-12-32-13-11-26/h2-9H,10-15H2,1H3,(H,24,28)/t33-/m0/s1. The Kier molecular flexibility index (Phi) is 6.11. The van der Waals surface area contributed by atoms with Gasteiger partial charge in [0.1, 0.15) is 5.82 Å². The number of hydrogen-bond donors (Lipinski definition) is 1. The zero-order valence-corrected chi connectivity index (χ0v) is 20.2. The maximum atomic E-state index is 13.1. The van der Waals surface area contributed by atoms with E-state index in [0.29, 0.717) is 54.9 Å². The number of aryl methyl sites for hydroxylation is 1. The Bertz CT molecular complexity index is 1360. The molecule has 34 heavy (non-hydrogen) atoms. The third-order valence-corrected chi connectivity index (χ3v) is 9.02. The summed E-state index contributed by atoms with van der Waals surface area (Å²) in [5.41, 5.74) is 3.67. The van der Waals surface area contributed by atoms with Crippen LogP contribution in [-0.2, 0) is 37.1 Å². The van der Waals surface area contributed by atoms with Crippen LogP contribution in [0.4, 0.5) is 5.82 Å². The molecule has 0 unspecified atom stereocenters. The molecule has 1 amide bonds. The van der Waals surface area contributed by atoms with Gasteiger partial charge in [-0.1, -0.05) is 17.7 Å². The molecule has 2 aliphatic heterocycles. The second-order valence-electron chi connectivity index (χ2n) is 8.24. The maximum absolute atomic E-state index is 13.1. The maximum Gasteiger partial charge on any atom is 0.256 e. The summed E-state index contributed by atoms with van der Waals surface area (Å²) >= 11 is 0. The van der Waals surface area contributed by atoms with Crippen molar-refractivity contribution in [1.29, 1.82) is 0 Å². The number of aromatic nitrogens is 2. The molecule has 0 saturated carbocycles. The van der Waals surface area contributed by atoms with Crippen LogP contribution in [0.3, 0.4) is 0 Å². The van der Waals surface area contributed by atoms with Crippen LogP contribution in [-0.4, -0.2) is 58.9 Å². The number of carbonyl (C=O) groups excluding carboxylic acids is 1. The van der Waals surface area contributed by atoms with Gasteiger partial charge in [0, 0.05) is 35.0 Å². The summed E-state index contributed by atoms with van der Waals surface area (Å²) in [7, 11) is -4.69. The van der Waals surface area contributed by atoms with E-state index < -0.39 is 26.7 Å². The molecule has 3 heterocycles. The first kappa shape index (κ1) is 22.9. The van der Waals surface area contributed by atoms with Crippen molar-refractivity contribution in [2.24, 2.45) is 0 Å². The number of fused-ring (bicyclic) bond motifs is 1. The summed E-state index contributed by atoms with van der Waals surface area (Å²) in [5, 5.41) is 7.51. The van der Waals surface area contributed by atoms with Crippen LogP contribution in [0.1, 0.15) is 27.2 Å². The predicted molar refractivity (Wildman–Crippen MR) is 128 cm³/mol. The Balaban J connectivity index is 1.41. The second-order valence-corrected chi connectivity index (χ2v) is 11.6. The molecule has 3 aromatic rings. The molecule has 1 saturated heterocycles. The number of morpholine rings is 1. The van der Waals surface area contributed by atoms with E-state index in [4.69, 9.17) is 4.74 Å². The minimum atomic E-state index is -3.64. The molecule has 0 bridgehead atoms. The Labute approximate surface area is 200 Å². The molecule has 1 aromatic heterocycles.